The fourth-order valence-corrected chi connectivity index (χ4v) is 2.69. The zero-order chi connectivity index (χ0) is 15.0. The number of ether oxygens (including phenoxy) is 1. The Morgan fingerprint density at radius 2 is 2.00 bits per heavy atom. The van der Waals surface area contributed by atoms with Crippen LogP contribution in [0.25, 0.3) is 0 Å². The summed E-state index contributed by atoms with van der Waals surface area (Å²) in [5.41, 5.74) is 1.81. The molecule has 1 fully saturated rings. The van der Waals surface area contributed by atoms with Crippen LogP contribution < -0.4 is 4.90 Å². The van der Waals surface area contributed by atoms with Gasteiger partial charge < -0.3 is 14.5 Å². The number of carbonyl (C=O) groups is 1. The highest BCUT2D eigenvalue weighted by Gasteiger charge is 2.37. The molecule has 2 aliphatic heterocycles. The van der Waals surface area contributed by atoms with Crippen molar-refractivity contribution in [1.29, 1.82) is 0 Å². The van der Waals surface area contributed by atoms with E-state index in [4.69, 9.17) is 4.74 Å². The van der Waals surface area contributed by atoms with E-state index in [0.29, 0.717) is 19.0 Å². The molecule has 2 aliphatic rings. The van der Waals surface area contributed by atoms with Gasteiger partial charge in [0, 0.05) is 31.8 Å². The van der Waals surface area contributed by atoms with Crippen LogP contribution in [0.4, 0.5) is 10.5 Å². The molecule has 1 amide bonds. The van der Waals surface area contributed by atoms with Crippen molar-refractivity contribution >= 4 is 11.8 Å². The topological polar surface area (TPSA) is 58.6 Å². The predicted octanol–water partition coefficient (Wildman–Crippen LogP) is 2.05. The highest BCUT2D eigenvalue weighted by Crippen LogP contribution is 2.32. The molecule has 0 aromatic carbocycles. The van der Waals surface area contributed by atoms with E-state index in [1.54, 1.807) is 17.3 Å². The summed E-state index contributed by atoms with van der Waals surface area (Å²) in [6.45, 7) is 7.88. The molecule has 1 unspecified atom stereocenters. The molecule has 0 radical (unpaired) electrons. The second kappa shape index (κ2) is 5.02. The molecule has 0 bridgehead atoms. The quantitative estimate of drug-likeness (QED) is 0.791. The van der Waals surface area contributed by atoms with Crippen molar-refractivity contribution in [2.45, 2.75) is 26.4 Å². The summed E-state index contributed by atoms with van der Waals surface area (Å²) in [6.07, 6.45) is 7.01. The molecule has 0 aliphatic carbocycles. The van der Waals surface area contributed by atoms with Gasteiger partial charge in [0.25, 0.3) is 0 Å². The zero-order valence-electron chi connectivity index (χ0n) is 12.6. The summed E-state index contributed by atoms with van der Waals surface area (Å²) in [6, 6.07) is 0. The van der Waals surface area contributed by atoms with Gasteiger partial charge in [-0.25, -0.2) is 14.8 Å². The number of hydrogen-bond donors (Lipinski definition) is 0. The molecule has 112 valence electrons. The summed E-state index contributed by atoms with van der Waals surface area (Å²) in [4.78, 5) is 24.1. The molecule has 3 heterocycles. The Kier molecular flexibility index (Phi) is 3.31. The summed E-state index contributed by atoms with van der Waals surface area (Å²) >= 11 is 0. The molecule has 1 saturated heterocycles. The minimum absolute atomic E-state index is 0.229. The largest absolute Gasteiger partial charge is 0.444 e. The summed E-state index contributed by atoms with van der Waals surface area (Å²) in [7, 11) is 0. The van der Waals surface area contributed by atoms with Crippen molar-refractivity contribution in [3.05, 3.63) is 30.5 Å². The lowest BCUT2D eigenvalue weighted by Crippen LogP contribution is -2.36. The molecular weight excluding hydrogens is 268 g/mol. The zero-order valence-corrected chi connectivity index (χ0v) is 12.6. The van der Waals surface area contributed by atoms with Gasteiger partial charge in [-0.1, -0.05) is 0 Å². The highest BCUT2D eigenvalue weighted by atomic mass is 16.6. The summed E-state index contributed by atoms with van der Waals surface area (Å²) < 4.78 is 5.42. The lowest BCUT2D eigenvalue weighted by Gasteiger charge is -2.25. The van der Waals surface area contributed by atoms with Gasteiger partial charge in [-0.3, -0.25) is 0 Å². The van der Waals surface area contributed by atoms with Gasteiger partial charge in [0.15, 0.2) is 0 Å². The van der Waals surface area contributed by atoms with Crippen LogP contribution in [0, 0.1) is 5.92 Å². The van der Waals surface area contributed by atoms with E-state index in [-0.39, 0.29) is 6.09 Å². The van der Waals surface area contributed by atoms with E-state index >= 15 is 0 Å². The number of hydrogen-bond acceptors (Lipinski definition) is 5. The molecule has 6 heteroatoms. The van der Waals surface area contributed by atoms with Crippen LogP contribution in [0.15, 0.2) is 30.5 Å². The molecule has 1 aromatic rings. The molecule has 0 N–H and O–H groups in total. The lowest BCUT2D eigenvalue weighted by molar-refractivity contribution is 0.0291. The number of fused-ring (bicyclic) bond motifs is 1. The molecule has 21 heavy (non-hydrogen) atoms. The second-order valence-electron chi connectivity index (χ2n) is 6.51. The molecule has 3 rings (SSSR count). The molecule has 0 spiro atoms. The van der Waals surface area contributed by atoms with E-state index in [1.807, 2.05) is 20.8 Å². The highest BCUT2D eigenvalue weighted by molar-refractivity contribution is 5.70. The van der Waals surface area contributed by atoms with Gasteiger partial charge >= 0.3 is 6.09 Å². The number of rotatable bonds is 1. The van der Waals surface area contributed by atoms with Gasteiger partial charge in [0.1, 0.15) is 11.9 Å². The summed E-state index contributed by atoms with van der Waals surface area (Å²) in [5.74, 6) is 0.373. The van der Waals surface area contributed by atoms with Gasteiger partial charge in [-0.05, 0) is 26.3 Å². The number of carbonyl (C=O) groups excluding carboxylic acids is 1. The second-order valence-corrected chi connectivity index (χ2v) is 6.51. The van der Waals surface area contributed by atoms with Crippen LogP contribution in [-0.4, -0.2) is 46.2 Å². The number of likely N-dealkylation sites (tertiary alicyclic amines) is 1. The van der Waals surface area contributed by atoms with Gasteiger partial charge in [0.2, 0.25) is 0 Å². The maximum Gasteiger partial charge on any atom is 0.410 e. The molecule has 0 saturated carbocycles. The third kappa shape index (κ3) is 2.99. The van der Waals surface area contributed by atoms with E-state index in [1.165, 1.54) is 11.9 Å². The average molecular weight is 288 g/mol. The molecule has 1 aromatic heterocycles. The fourth-order valence-electron chi connectivity index (χ4n) is 2.69. The lowest BCUT2D eigenvalue weighted by atomic mass is 10.1. The Labute approximate surface area is 124 Å². The van der Waals surface area contributed by atoms with Crippen LogP contribution in [-0.2, 0) is 4.74 Å². The fraction of sp³-hybridized carbons (Fsp3) is 0.533. The van der Waals surface area contributed by atoms with E-state index in [9.17, 15) is 4.79 Å². The van der Waals surface area contributed by atoms with E-state index in [0.717, 1.165) is 12.2 Å². The number of nitrogens with zero attached hydrogens (tertiary/aromatic N) is 4. The van der Waals surface area contributed by atoms with Crippen LogP contribution in [0.5, 0.6) is 0 Å². The molecular formula is C15H20N4O2. The van der Waals surface area contributed by atoms with Crippen molar-refractivity contribution < 1.29 is 9.53 Å². The Hall–Kier alpha value is -2.11. The standard InChI is InChI=1S/C15H20N4O2/c1-15(2,3)21-14(20)19-8-11-6-18(7-12(11)9-19)13-4-16-10-17-5-13/h4-6,10,12H,7-9H2,1-3H3. The number of amides is 1. The van der Waals surface area contributed by atoms with Crippen LogP contribution in [0.1, 0.15) is 20.8 Å². The third-order valence-electron chi connectivity index (χ3n) is 3.61. The van der Waals surface area contributed by atoms with E-state index < -0.39 is 5.60 Å². The van der Waals surface area contributed by atoms with E-state index in [2.05, 4.69) is 21.1 Å². The first-order valence-corrected chi connectivity index (χ1v) is 7.12. The summed E-state index contributed by atoms with van der Waals surface area (Å²) in [5, 5.41) is 0. The average Bonchev–Trinajstić information content (AvgIpc) is 2.95. The van der Waals surface area contributed by atoms with Gasteiger partial charge in [-0.2, -0.15) is 0 Å². The van der Waals surface area contributed by atoms with Crippen molar-refractivity contribution in [2.24, 2.45) is 5.92 Å². The Bertz CT molecular complexity index is 565. The first-order chi connectivity index (χ1) is 9.92. The minimum Gasteiger partial charge on any atom is -0.444 e. The predicted molar refractivity (Wildman–Crippen MR) is 78.8 cm³/mol. The van der Waals surface area contributed by atoms with Crippen molar-refractivity contribution in [3.63, 3.8) is 0 Å². The molecule has 1 atom stereocenters. The Morgan fingerprint density at radius 3 is 2.62 bits per heavy atom. The van der Waals surface area contributed by atoms with Crippen LogP contribution >= 0.6 is 0 Å². The maximum absolute atomic E-state index is 12.1. The first-order valence-electron chi connectivity index (χ1n) is 7.12. The molecule has 6 nitrogen and oxygen atoms in total. The van der Waals surface area contributed by atoms with Crippen LogP contribution in [0.2, 0.25) is 0 Å². The minimum atomic E-state index is -0.448. The Morgan fingerprint density at radius 1 is 1.29 bits per heavy atom. The number of aromatic nitrogens is 2. The van der Waals surface area contributed by atoms with Crippen molar-refractivity contribution in [3.8, 4) is 0 Å². The normalized spacial score (nSPS) is 21.3. The van der Waals surface area contributed by atoms with Gasteiger partial charge in [0.05, 0.1) is 18.1 Å². The number of anilines is 1. The third-order valence-corrected chi connectivity index (χ3v) is 3.61. The maximum atomic E-state index is 12.1. The van der Waals surface area contributed by atoms with Crippen molar-refractivity contribution in [2.75, 3.05) is 24.5 Å². The van der Waals surface area contributed by atoms with Crippen LogP contribution in [0.3, 0.4) is 0 Å². The first kappa shape index (κ1) is 13.9. The smallest absolute Gasteiger partial charge is 0.410 e. The van der Waals surface area contributed by atoms with Crippen molar-refractivity contribution in [1.82, 2.24) is 14.9 Å². The Balaban J connectivity index is 1.66. The monoisotopic (exact) mass is 288 g/mol. The van der Waals surface area contributed by atoms with Gasteiger partial charge in [-0.15, -0.1) is 0 Å². The SMILES string of the molecule is CC(C)(C)OC(=O)N1CC2=CN(c3cncnc3)CC2C1.